The van der Waals surface area contributed by atoms with E-state index >= 15 is 0 Å². The third kappa shape index (κ3) is 3.72. The van der Waals surface area contributed by atoms with Crippen LogP contribution >= 0.6 is 11.6 Å². The van der Waals surface area contributed by atoms with Crippen molar-refractivity contribution in [1.29, 1.82) is 0 Å². The van der Waals surface area contributed by atoms with Crippen molar-refractivity contribution in [1.82, 2.24) is 4.90 Å². The van der Waals surface area contributed by atoms with E-state index in [1.165, 1.54) is 5.56 Å². The van der Waals surface area contributed by atoms with E-state index in [1.54, 1.807) is 4.90 Å². The van der Waals surface area contributed by atoms with E-state index in [0.717, 1.165) is 17.9 Å². The lowest BCUT2D eigenvalue weighted by molar-refractivity contribution is -0.130. The van der Waals surface area contributed by atoms with Crippen molar-refractivity contribution in [3.63, 3.8) is 0 Å². The molecule has 1 aromatic carbocycles. The van der Waals surface area contributed by atoms with Crippen LogP contribution in [0.3, 0.4) is 0 Å². The Hall–Kier alpha value is -1.06. The quantitative estimate of drug-likeness (QED) is 0.909. The zero-order valence-corrected chi connectivity index (χ0v) is 11.1. The molecule has 0 unspecified atom stereocenters. The second-order valence-corrected chi connectivity index (χ2v) is 5.20. The Morgan fingerprint density at radius 2 is 2.11 bits per heavy atom. The summed E-state index contributed by atoms with van der Waals surface area (Å²) in [6.45, 7) is 1.20. The van der Waals surface area contributed by atoms with E-state index in [0.29, 0.717) is 25.9 Å². The number of amides is 1. The topological polar surface area (TPSA) is 40.5 Å². The number of hydrogen-bond donors (Lipinski definition) is 1. The van der Waals surface area contributed by atoms with Crippen molar-refractivity contribution >= 4 is 17.5 Å². The summed E-state index contributed by atoms with van der Waals surface area (Å²) in [6, 6.07) is 7.73. The molecule has 1 N–H and O–H groups in total. The smallest absolute Gasteiger partial charge is 0.222 e. The van der Waals surface area contributed by atoms with Crippen LogP contribution in [0.4, 0.5) is 0 Å². The number of likely N-dealkylation sites (tertiary alicyclic amines) is 1. The highest BCUT2D eigenvalue weighted by Gasteiger charge is 2.23. The third-order valence-electron chi connectivity index (χ3n) is 3.29. The molecule has 1 fully saturated rings. The Morgan fingerprint density at radius 3 is 2.72 bits per heavy atom. The Bertz CT molecular complexity index is 405. The fourth-order valence-corrected chi connectivity index (χ4v) is 2.35. The Kier molecular flexibility index (Phi) is 4.61. The Balaban J connectivity index is 1.72. The van der Waals surface area contributed by atoms with Gasteiger partial charge in [-0.3, -0.25) is 4.79 Å². The first-order chi connectivity index (χ1) is 8.65. The number of aryl methyl sites for hydroxylation is 1. The predicted octanol–water partition coefficient (Wildman–Crippen LogP) is 2.26. The average Bonchev–Trinajstić information content (AvgIpc) is 2.78. The van der Waals surface area contributed by atoms with Crippen molar-refractivity contribution < 1.29 is 9.90 Å². The SMILES string of the molecule is O=C(CCCc1ccc(Cl)cc1)N1CC[C@@H](O)C1. The van der Waals surface area contributed by atoms with Crippen molar-refractivity contribution in [3.05, 3.63) is 34.9 Å². The Labute approximate surface area is 112 Å². The van der Waals surface area contributed by atoms with Crippen LogP contribution < -0.4 is 0 Å². The first kappa shape index (κ1) is 13.4. The van der Waals surface area contributed by atoms with Crippen LogP contribution in [0.5, 0.6) is 0 Å². The first-order valence-electron chi connectivity index (χ1n) is 6.35. The average molecular weight is 268 g/mol. The number of carbonyl (C=O) groups excluding carboxylic acids is 1. The van der Waals surface area contributed by atoms with Gasteiger partial charge in [-0.25, -0.2) is 0 Å². The largest absolute Gasteiger partial charge is 0.391 e. The van der Waals surface area contributed by atoms with E-state index in [1.807, 2.05) is 24.3 Å². The number of halogens is 1. The van der Waals surface area contributed by atoms with E-state index in [2.05, 4.69) is 0 Å². The molecule has 1 atom stereocenters. The van der Waals surface area contributed by atoms with Gasteiger partial charge in [0, 0.05) is 24.5 Å². The summed E-state index contributed by atoms with van der Waals surface area (Å²) in [5, 5.41) is 10.1. The molecule has 1 amide bonds. The minimum Gasteiger partial charge on any atom is -0.391 e. The molecule has 0 radical (unpaired) electrons. The van der Waals surface area contributed by atoms with Crippen LogP contribution in [0, 0.1) is 0 Å². The minimum atomic E-state index is -0.329. The molecule has 98 valence electrons. The number of hydrogen-bond acceptors (Lipinski definition) is 2. The van der Waals surface area contributed by atoms with Crippen LogP contribution in [0.15, 0.2) is 24.3 Å². The van der Waals surface area contributed by atoms with E-state index in [-0.39, 0.29) is 12.0 Å². The summed E-state index contributed by atoms with van der Waals surface area (Å²) in [4.78, 5) is 13.6. The summed E-state index contributed by atoms with van der Waals surface area (Å²) in [5.74, 6) is 0.153. The van der Waals surface area contributed by atoms with Crippen LogP contribution in [-0.4, -0.2) is 35.1 Å². The van der Waals surface area contributed by atoms with Crippen LogP contribution in [0.1, 0.15) is 24.8 Å². The van der Waals surface area contributed by atoms with Gasteiger partial charge in [0.15, 0.2) is 0 Å². The van der Waals surface area contributed by atoms with E-state index in [9.17, 15) is 9.90 Å². The monoisotopic (exact) mass is 267 g/mol. The van der Waals surface area contributed by atoms with Gasteiger partial charge in [-0.1, -0.05) is 23.7 Å². The molecular formula is C14H18ClNO2. The molecule has 0 saturated carbocycles. The molecule has 0 bridgehead atoms. The maximum atomic E-state index is 11.8. The van der Waals surface area contributed by atoms with Gasteiger partial charge >= 0.3 is 0 Å². The van der Waals surface area contributed by atoms with Crippen LogP contribution in [0.2, 0.25) is 5.02 Å². The molecule has 1 aromatic rings. The summed E-state index contributed by atoms with van der Waals surface area (Å²) in [5.41, 5.74) is 1.20. The zero-order valence-electron chi connectivity index (χ0n) is 10.3. The van der Waals surface area contributed by atoms with Crippen molar-refractivity contribution in [2.75, 3.05) is 13.1 Å². The predicted molar refractivity (Wildman–Crippen MR) is 71.6 cm³/mol. The summed E-state index contributed by atoms with van der Waals surface area (Å²) in [7, 11) is 0. The fraction of sp³-hybridized carbons (Fsp3) is 0.500. The van der Waals surface area contributed by atoms with E-state index in [4.69, 9.17) is 11.6 Å². The molecule has 0 aliphatic carbocycles. The van der Waals surface area contributed by atoms with Gasteiger partial charge in [-0.15, -0.1) is 0 Å². The molecule has 3 nitrogen and oxygen atoms in total. The molecular weight excluding hydrogens is 250 g/mol. The number of nitrogens with zero attached hydrogens (tertiary/aromatic N) is 1. The molecule has 18 heavy (non-hydrogen) atoms. The van der Waals surface area contributed by atoms with Crippen molar-refractivity contribution in [2.24, 2.45) is 0 Å². The lowest BCUT2D eigenvalue weighted by atomic mass is 10.1. The van der Waals surface area contributed by atoms with Gasteiger partial charge in [0.05, 0.1) is 6.10 Å². The molecule has 0 spiro atoms. The fourth-order valence-electron chi connectivity index (χ4n) is 2.22. The lowest BCUT2D eigenvalue weighted by Crippen LogP contribution is -2.29. The van der Waals surface area contributed by atoms with E-state index < -0.39 is 0 Å². The van der Waals surface area contributed by atoms with Gasteiger partial charge in [0.25, 0.3) is 0 Å². The maximum Gasteiger partial charge on any atom is 0.222 e. The van der Waals surface area contributed by atoms with Gasteiger partial charge in [-0.05, 0) is 37.0 Å². The lowest BCUT2D eigenvalue weighted by Gasteiger charge is -2.15. The second-order valence-electron chi connectivity index (χ2n) is 4.76. The maximum absolute atomic E-state index is 11.8. The van der Waals surface area contributed by atoms with Gasteiger partial charge < -0.3 is 10.0 Å². The number of aliphatic hydroxyl groups excluding tert-OH is 1. The van der Waals surface area contributed by atoms with Crippen molar-refractivity contribution in [2.45, 2.75) is 31.8 Å². The highest BCUT2D eigenvalue weighted by Crippen LogP contribution is 2.14. The zero-order chi connectivity index (χ0) is 13.0. The van der Waals surface area contributed by atoms with Gasteiger partial charge in [0.1, 0.15) is 0 Å². The van der Waals surface area contributed by atoms with Gasteiger partial charge in [-0.2, -0.15) is 0 Å². The number of β-amino-alcohol motifs (C(OH)–C–C–N with tert-alkyl or cyclic N) is 1. The minimum absolute atomic E-state index is 0.153. The highest BCUT2D eigenvalue weighted by molar-refractivity contribution is 6.30. The molecule has 1 heterocycles. The molecule has 4 heteroatoms. The van der Waals surface area contributed by atoms with Crippen molar-refractivity contribution in [3.8, 4) is 0 Å². The molecule has 1 aliphatic rings. The van der Waals surface area contributed by atoms with Gasteiger partial charge in [0.2, 0.25) is 5.91 Å². The normalized spacial score (nSPS) is 19.2. The van der Waals surface area contributed by atoms with Crippen LogP contribution in [0.25, 0.3) is 0 Å². The standard InChI is InChI=1S/C14H18ClNO2/c15-12-6-4-11(5-7-12)2-1-3-14(18)16-9-8-13(17)10-16/h4-7,13,17H,1-3,8-10H2/t13-/m1/s1. The summed E-state index contributed by atoms with van der Waals surface area (Å²) < 4.78 is 0. The third-order valence-corrected chi connectivity index (χ3v) is 3.54. The first-order valence-corrected chi connectivity index (χ1v) is 6.73. The summed E-state index contributed by atoms with van der Waals surface area (Å²) in [6.07, 6.45) is 2.66. The number of aliphatic hydroxyl groups is 1. The number of benzene rings is 1. The highest BCUT2D eigenvalue weighted by atomic mass is 35.5. The van der Waals surface area contributed by atoms with Crippen LogP contribution in [-0.2, 0) is 11.2 Å². The number of carbonyl (C=O) groups is 1. The molecule has 1 aliphatic heterocycles. The molecule has 0 aromatic heterocycles. The summed E-state index contributed by atoms with van der Waals surface area (Å²) >= 11 is 5.81. The molecule has 1 saturated heterocycles. The molecule has 2 rings (SSSR count). The number of rotatable bonds is 4. The Morgan fingerprint density at radius 1 is 1.39 bits per heavy atom. The second kappa shape index (κ2) is 6.21.